The number of aromatic nitrogens is 1. The predicted octanol–water partition coefficient (Wildman–Crippen LogP) is 3.52. The highest BCUT2D eigenvalue weighted by Gasteiger charge is 2.07. The number of nitrogens with two attached hydrogens (primary N) is 1. The molecule has 0 spiro atoms. The van der Waals surface area contributed by atoms with Gasteiger partial charge in [-0.15, -0.1) is 0 Å². The van der Waals surface area contributed by atoms with Crippen LogP contribution in [0.25, 0.3) is 0 Å². The Morgan fingerprint density at radius 1 is 1.16 bits per heavy atom. The average Bonchev–Trinajstić information content (AvgIpc) is 2.39. The van der Waals surface area contributed by atoms with Crippen molar-refractivity contribution in [2.45, 2.75) is 32.2 Å². The van der Waals surface area contributed by atoms with Gasteiger partial charge in [0.05, 0.1) is 0 Å². The van der Waals surface area contributed by atoms with Gasteiger partial charge >= 0.3 is 0 Å². The number of rotatable bonds is 5. The van der Waals surface area contributed by atoms with Gasteiger partial charge in [-0.25, -0.2) is 0 Å². The summed E-state index contributed by atoms with van der Waals surface area (Å²) < 4.78 is 1.10. The van der Waals surface area contributed by atoms with Gasteiger partial charge in [-0.1, -0.05) is 41.1 Å². The summed E-state index contributed by atoms with van der Waals surface area (Å²) in [6.07, 6.45) is 4.66. The van der Waals surface area contributed by atoms with E-state index in [9.17, 15) is 0 Å². The molecular weight excluding hydrogens is 300 g/mol. The highest BCUT2D eigenvalue weighted by atomic mass is 79.9. The van der Waals surface area contributed by atoms with E-state index in [1.165, 1.54) is 11.1 Å². The third-order valence-electron chi connectivity index (χ3n) is 3.15. The van der Waals surface area contributed by atoms with Crippen LogP contribution in [0.4, 0.5) is 0 Å². The molecule has 0 bridgehead atoms. The first-order chi connectivity index (χ1) is 9.17. The van der Waals surface area contributed by atoms with E-state index in [4.69, 9.17) is 5.73 Å². The van der Waals surface area contributed by atoms with E-state index in [0.29, 0.717) is 0 Å². The number of nitrogens with zero attached hydrogens (tertiary/aromatic N) is 1. The van der Waals surface area contributed by atoms with E-state index in [1.807, 2.05) is 18.3 Å². The lowest BCUT2D eigenvalue weighted by atomic mass is 10.0. The largest absolute Gasteiger partial charge is 0.327 e. The Hall–Kier alpha value is -1.19. The van der Waals surface area contributed by atoms with Gasteiger partial charge in [0.25, 0.3) is 0 Å². The number of hydrogen-bond acceptors (Lipinski definition) is 2. The SMILES string of the molecule is CCc1ccc(CC(N)Cc2cccc(Br)c2)nc1. The van der Waals surface area contributed by atoms with Crippen molar-refractivity contribution in [1.82, 2.24) is 4.98 Å². The van der Waals surface area contributed by atoms with Crippen molar-refractivity contribution < 1.29 is 0 Å². The van der Waals surface area contributed by atoms with Gasteiger partial charge in [0.2, 0.25) is 0 Å². The Bertz CT molecular complexity index is 523. The molecule has 1 aromatic carbocycles. The zero-order valence-corrected chi connectivity index (χ0v) is 12.7. The third-order valence-corrected chi connectivity index (χ3v) is 3.65. The van der Waals surface area contributed by atoms with E-state index < -0.39 is 0 Å². The number of hydrogen-bond donors (Lipinski definition) is 1. The second-order valence-corrected chi connectivity index (χ2v) is 5.73. The fraction of sp³-hybridized carbons (Fsp3) is 0.312. The van der Waals surface area contributed by atoms with Gasteiger partial charge in [-0.2, -0.15) is 0 Å². The summed E-state index contributed by atoms with van der Waals surface area (Å²) in [5.41, 5.74) is 9.80. The molecule has 100 valence electrons. The highest BCUT2D eigenvalue weighted by molar-refractivity contribution is 9.10. The van der Waals surface area contributed by atoms with E-state index in [1.54, 1.807) is 0 Å². The number of aryl methyl sites for hydroxylation is 1. The van der Waals surface area contributed by atoms with E-state index in [0.717, 1.165) is 29.4 Å². The molecule has 0 saturated carbocycles. The van der Waals surface area contributed by atoms with Crippen LogP contribution in [-0.2, 0) is 19.3 Å². The van der Waals surface area contributed by atoms with Crippen LogP contribution in [0, 0.1) is 0 Å². The summed E-state index contributed by atoms with van der Waals surface area (Å²) in [4.78, 5) is 4.46. The quantitative estimate of drug-likeness (QED) is 0.916. The fourth-order valence-corrected chi connectivity index (χ4v) is 2.54. The molecule has 1 aromatic heterocycles. The Balaban J connectivity index is 1.95. The zero-order chi connectivity index (χ0) is 13.7. The summed E-state index contributed by atoms with van der Waals surface area (Å²) in [6.45, 7) is 2.13. The molecule has 3 heteroatoms. The first kappa shape index (κ1) is 14.2. The fourth-order valence-electron chi connectivity index (χ4n) is 2.09. The molecule has 0 saturated heterocycles. The number of benzene rings is 1. The molecular formula is C16H19BrN2. The van der Waals surface area contributed by atoms with Gasteiger partial charge in [0.15, 0.2) is 0 Å². The zero-order valence-electron chi connectivity index (χ0n) is 11.1. The van der Waals surface area contributed by atoms with Gasteiger partial charge in [-0.3, -0.25) is 4.98 Å². The molecule has 2 rings (SSSR count). The second kappa shape index (κ2) is 6.83. The molecule has 0 aliphatic heterocycles. The van der Waals surface area contributed by atoms with Crippen molar-refractivity contribution in [1.29, 1.82) is 0 Å². The molecule has 2 nitrogen and oxygen atoms in total. The average molecular weight is 319 g/mol. The minimum Gasteiger partial charge on any atom is -0.327 e. The van der Waals surface area contributed by atoms with Gasteiger partial charge in [0.1, 0.15) is 0 Å². The lowest BCUT2D eigenvalue weighted by Crippen LogP contribution is -2.26. The maximum absolute atomic E-state index is 6.20. The molecule has 0 amide bonds. The first-order valence-corrected chi connectivity index (χ1v) is 7.40. The smallest absolute Gasteiger partial charge is 0.0419 e. The monoisotopic (exact) mass is 318 g/mol. The van der Waals surface area contributed by atoms with Crippen molar-refractivity contribution in [2.24, 2.45) is 5.73 Å². The Kier molecular flexibility index (Phi) is 5.11. The van der Waals surface area contributed by atoms with Crippen LogP contribution in [0.15, 0.2) is 47.1 Å². The minimum atomic E-state index is 0.106. The predicted molar refractivity (Wildman–Crippen MR) is 83.1 cm³/mol. The van der Waals surface area contributed by atoms with Crippen LogP contribution >= 0.6 is 15.9 Å². The van der Waals surface area contributed by atoms with Crippen molar-refractivity contribution in [3.05, 3.63) is 63.9 Å². The molecule has 1 heterocycles. The Morgan fingerprint density at radius 2 is 2.00 bits per heavy atom. The number of halogens is 1. The summed E-state index contributed by atoms with van der Waals surface area (Å²) in [6, 6.07) is 12.6. The van der Waals surface area contributed by atoms with Crippen LogP contribution in [0.2, 0.25) is 0 Å². The minimum absolute atomic E-state index is 0.106. The molecule has 1 unspecified atom stereocenters. The van der Waals surface area contributed by atoms with Crippen molar-refractivity contribution in [3.8, 4) is 0 Å². The maximum Gasteiger partial charge on any atom is 0.0419 e. The van der Waals surface area contributed by atoms with Crippen molar-refractivity contribution in [2.75, 3.05) is 0 Å². The summed E-state index contributed by atoms with van der Waals surface area (Å²) in [7, 11) is 0. The second-order valence-electron chi connectivity index (χ2n) is 4.81. The standard InChI is InChI=1S/C16H19BrN2/c1-2-12-6-7-16(19-11-12)10-15(18)9-13-4-3-5-14(17)8-13/h3-8,11,15H,2,9-10,18H2,1H3. The third kappa shape index (κ3) is 4.44. The molecule has 19 heavy (non-hydrogen) atoms. The highest BCUT2D eigenvalue weighted by Crippen LogP contribution is 2.14. The lowest BCUT2D eigenvalue weighted by Gasteiger charge is -2.11. The Morgan fingerprint density at radius 3 is 2.63 bits per heavy atom. The van der Waals surface area contributed by atoms with E-state index >= 15 is 0 Å². The van der Waals surface area contributed by atoms with Crippen LogP contribution in [0.5, 0.6) is 0 Å². The Labute approximate surface area is 123 Å². The van der Waals surface area contributed by atoms with E-state index in [2.05, 4.69) is 52.1 Å². The molecule has 0 radical (unpaired) electrons. The maximum atomic E-state index is 6.20. The van der Waals surface area contributed by atoms with Crippen LogP contribution < -0.4 is 5.73 Å². The number of pyridine rings is 1. The van der Waals surface area contributed by atoms with Crippen LogP contribution in [0.1, 0.15) is 23.7 Å². The summed E-state index contributed by atoms with van der Waals surface area (Å²) >= 11 is 3.48. The van der Waals surface area contributed by atoms with Gasteiger partial charge < -0.3 is 5.73 Å². The summed E-state index contributed by atoms with van der Waals surface area (Å²) in [5, 5.41) is 0. The van der Waals surface area contributed by atoms with Crippen molar-refractivity contribution in [3.63, 3.8) is 0 Å². The van der Waals surface area contributed by atoms with Crippen LogP contribution in [-0.4, -0.2) is 11.0 Å². The summed E-state index contributed by atoms with van der Waals surface area (Å²) in [5.74, 6) is 0. The lowest BCUT2D eigenvalue weighted by molar-refractivity contribution is 0.653. The molecule has 0 aliphatic rings. The van der Waals surface area contributed by atoms with E-state index in [-0.39, 0.29) is 6.04 Å². The van der Waals surface area contributed by atoms with Crippen LogP contribution in [0.3, 0.4) is 0 Å². The topological polar surface area (TPSA) is 38.9 Å². The van der Waals surface area contributed by atoms with Crippen molar-refractivity contribution >= 4 is 15.9 Å². The molecule has 2 N–H and O–H groups in total. The molecule has 0 aliphatic carbocycles. The van der Waals surface area contributed by atoms with Gasteiger partial charge in [0, 0.05) is 28.8 Å². The first-order valence-electron chi connectivity index (χ1n) is 6.61. The van der Waals surface area contributed by atoms with Gasteiger partial charge in [-0.05, 0) is 42.2 Å². The molecule has 2 aromatic rings. The molecule has 0 fully saturated rings. The molecule has 1 atom stereocenters. The normalized spacial score (nSPS) is 12.4.